The topological polar surface area (TPSA) is 24.1 Å². The van der Waals surface area contributed by atoms with Crippen LogP contribution in [0.25, 0.3) is 0 Å². The van der Waals surface area contributed by atoms with Crippen LogP contribution >= 0.6 is 0 Å². The third kappa shape index (κ3) is 6.99. The van der Waals surface area contributed by atoms with Crippen molar-refractivity contribution in [1.29, 1.82) is 0 Å². The highest BCUT2D eigenvalue weighted by atomic mass is 15.2. The summed E-state index contributed by atoms with van der Waals surface area (Å²) in [5.74, 6) is 7.22. The minimum atomic E-state index is 0.501. The number of rotatable bonds is 9. The van der Waals surface area contributed by atoms with Gasteiger partial charge in [-0.3, -0.25) is 10.6 Å². The first-order valence-corrected chi connectivity index (χ1v) is 15.2. The normalized spacial score (nSPS) is 35.6. The zero-order valence-corrected chi connectivity index (χ0v) is 23.7. The average molecular weight is 461 g/mol. The van der Waals surface area contributed by atoms with Crippen LogP contribution in [0.2, 0.25) is 0 Å². The number of nitrogens with one attached hydrogen (secondary N) is 2. The van der Waals surface area contributed by atoms with Crippen LogP contribution in [0.5, 0.6) is 0 Å². The van der Waals surface area contributed by atoms with E-state index in [2.05, 4.69) is 66.0 Å². The van der Waals surface area contributed by atoms with Crippen LogP contribution in [0.3, 0.4) is 0 Å². The van der Waals surface area contributed by atoms with Gasteiger partial charge in [-0.25, -0.2) is 0 Å². The molecule has 0 amide bonds. The van der Waals surface area contributed by atoms with Gasteiger partial charge >= 0.3 is 0 Å². The Kier molecular flexibility index (Phi) is 10.6. The second-order valence-electron chi connectivity index (χ2n) is 13.8. The Bertz CT molecular complexity index is 475. The van der Waals surface area contributed by atoms with Gasteiger partial charge in [0.1, 0.15) is 0 Å². The number of hydrogen-bond acceptors (Lipinski definition) is 2. The highest BCUT2D eigenvalue weighted by molar-refractivity contribution is 4.97. The fourth-order valence-corrected chi connectivity index (χ4v) is 8.22. The molecular formula is C31H60N2. The molecule has 0 aromatic rings. The maximum atomic E-state index is 4.44. The molecule has 0 spiro atoms. The van der Waals surface area contributed by atoms with Gasteiger partial charge in [0.25, 0.3) is 0 Å². The van der Waals surface area contributed by atoms with Crippen LogP contribution in [0.1, 0.15) is 126 Å². The Morgan fingerprint density at radius 3 is 1.06 bits per heavy atom. The average Bonchev–Trinajstić information content (AvgIpc) is 2.78. The molecule has 0 heterocycles. The summed E-state index contributed by atoms with van der Waals surface area (Å²) in [6.45, 7) is 19.9. The SMILES string of the molecule is CC(C)C1CCCC(C(C)C)C1NC(NC1C(C(C)C)CCCC1C(C)C)C1CCCCC1. The van der Waals surface area contributed by atoms with Gasteiger partial charge < -0.3 is 0 Å². The summed E-state index contributed by atoms with van der Waals surface area (Å²) in [6.07, 6.45) is 16.2. The van der Waals surface area contributed by atoms with E-state index in [0.717, 1.165) is 53.3 Å². The molecule has 0 radical (unpaired) electrons. The molecule has 0 bridgehead atoms. The van der Waals surface area contributed by atoms with Gasteiger partial charge in [0, 0.05) is 12.1 Å². The van der Waals surface area contributed by atoms with Crippen molar-refractivity contribution in [2.24, 2.45) is 53.3 Å². The fourth-order valence-electron chi connectivity index (χ4n) is 8.22. The van der Waals surface area contributed by atoms with E-state index in [0.29, 0.717) is 18.2 Å². The lowest BCUT2D eigenvalue weighted by Gasteiger charge is -2.49. The molecule has 3 fully saturated rings. The van der Waals surface area contributed by atoms with E-state index in [4.69, 9.17) is 0 Å². The molecule has 2 nitrogen and oxygen atoms in total. The van der Waals surface area contributed by atoms with Crippen molar-refractivity contribution in [2.45, 2.75) is 144 Å². The Hall–Kier alpha value is -0.0800. The van der Waals surface area contributed by atoms with Gasteiger partial charge in [-0.15, -0.1) is 0 Å². The second kappa shape index (κ2) is 12.8. The van der Waals surface area contributed by atoms with Crippen LogP contribution < -0.4 is 10.6 Å². The first-order chi connectivity index (χ1) is 15.7. The fraction of sp³-hybridized carbons (Fsp3) is 1.00. The molecule has 194 valence electrons. The van der Waals surface area contributed by atoms with Gasteiger partial charge in [-0.1, -0.05) is 87.5 Å². The third-order valence-corrected chi connectivity index (χ3v) is 10.3. The van der Waals surface area contributed by atoms with E-state index in [-0.39, 0.29) is 0 Å². The predicted octanol–water partition coefficient (Wildman–Crippen LogP) is 8.27. The standard InChI is InChI=1S/C31H60N2/c1-20(2)25-16-12-17-26(21(3)4)29(25)32-31(24-14-10-9-11-15-24)33-30-27(22(5)6)18-13-19-28(30)23(7)8/h20-33H,9-19H2,1-8H3. The largest absolute Gasteiger partial charge is 0.298 e. The summed E-state index contributed by atoms with van der Waals surface area (Å²) in [5, 5.41) is 8.89. The Labute approximate surface area is 208 Å². The monoisotopic (exact) mass is 460 g/mol. The minimum absolute atomic E-state index is 0.501. The van der Waals surface area contributed by atoms with Crippen molar-refractivity contribution in [3.8, 4) is 0 Å². The molecule has 33 heavy (non-hydrogen) atoms. The summed E-state index contributed by atoms with van der Waals surface area (Å²) < 4.78 is 0. The molecule has 2 heteroatoms. The molecule has 4 unspecified atom stereocenters. The van der Waals surface area contributed by atoms with Crippen LogP contribution in [-0.2, 0) is 0 Å². The van der Waals surface area contributed by atoms with E-state index >= 15 is 0 Å². The van der Waals surface area contributed by atoms with E-state index < -0.39 is 0 Å². The molecule has 3 saturated carbocycles. The summed E-state index contributed by atoms with van der Waals surface area (Å²) in [7, 11) is 0. The Balaban J connectivity index is 1.88. The maximum Gasteiger partial charge on any atom is 0.0605 e. The van der Waals surface area contributed by atoms with Gasteiger partial charge in [0.05, 0.1) is 6.17 Å². The van der Waals surface area contributed by atoms with E-state index in [1.807, 2.05) is 0 Å². The molecular weight excluding hydrogens is 400 g/mol. The quantitative estimate of drug-likeness (QED) is 0.338. The van der Waals surface area contributed by atoms with Gasteiger partial charge in [0.15, 0.2) is 0 Å². The Morgan fingerprint density at radius 2 is 0.758 bits per heavy atom. The highest BCUT2D eigenvalue weighted by Crippen LogP contribution is 2.41. The van der Waals surface area contributed by atoms with Gasteiger partial charge in [-0.2, -0.15) is 0 Å². The van der Waals surface area contributed by atoms with E-state index in [1.165, 1.54) is 70.6 Å². The molecule has 3 aliphatic carbocycles. The summed E-state index contributed by atoms with van der Waals surface area (Å²) in [6, 6.07) is 1.36. The summed E-state index contributed by atoms with van der Waals surface area (Å²) in [5.41, 5.74) is 0. The van der Waals surface area contributed by atoms with Crippen molar-refractivity contribution >= 4 is 0 Å². The van der Waals surface area contributed by atoms with Crippen LogP contribution in [0.4, 0.5) is 0 Å². The summed E-state index contributed by atoms with van der Waals surface area (Å²) >= 11 is 0. The van der Waals surface area contributed by atoms with Crippen LogP contribution in [0, 0.1) is 53.3 Å². The molecule has 0 saturated heterocycles. The third-order valence-electron chi connectivity index (χ3n) is 10.3. The molecule has 4 atom stereocenters. The lowest BCUT2D eigenvalue weighted by Crippen LogP contribution is -2.63. The number of hydrogen-bond donors (Lipinski definition) is 2. The molecule has 2 N–H and O–H groups in total. The predicted molar refractivity (Wildman–Crippen MR) is 145 cm³/mol. The lowest BCUT2D eigenvalue weighted by molar-refractivity contribution is 0.0496. The van der Waals surface area contributed by atoms with Crippen molar-refractivity contribution in [2.75, 3.05) is 0 Å². The van der Waals surface area contributed by atoms with Gasteiger partial charge in [0.2, 0.25) is 0 Å². The van der Waals surface area contributed by atoms with Crippen LogP contribution in [-0.4, -0.2) is 18.2 Å². The Morgan fingerprint density at radius 1 is 0.424 bits per heavy atom. The van der Waals surface area contributed by atoms with Crippen molar-refractivity contribution in [1.82, 2.24) is 10.6 Å². The molecule has 3 rings (SSSR count). The van der Waals surface area contributed by atoms with Crippen molar-refractivity contribution in [3.63, 3.8) is 0 Å². The van der Waals surface area contributed by atoms with Crippen molar-refractivity contribution < 1.29 is 0 Å². The van der Waals surface area contributed by atoms with Gasteiger partial charge in [-0.05, 0) is 91.8 Å². The molecule has 0 aromatic heterocycles. The van der Waals surface area contributed by atoms with E-state index in [9.17, 15) is 0 Å². The maximum absolute atomic E-state index is 4.44. The van der Waals surface area contributed by atoms with E-state index in [1.54, 1.807) is 0 Å². The first kappa shape index (κ1) is 27.5. The minimum Gasteiger partial charge on any atom is -0.298 e. The van der Waals surface area contributed by atoms with Crippen molar-refractivity contribution in [3.05, 3.63) is 0 Å². The first-order valence-electron chi connectivity index (χ1n) is 15.2. The molecule has 0 aromatic carbocycles. The van der Waals surface area contributed by atoms with Crippen LogP contribution in [0.15, 0.2) is 0 Å². The zero-order valence-electron chi connectivity index (χ0n) is 23.7. The smallest absolute Gasteiger partial charge is 0.0605 e. The highest BCUT2D eigenvalue weighted by Gasteiger charge is 2.42. The second-order valence-corrected chi connectivity index (χ2v) is 13.8. The lowest BCUT2D eigenvalue weighted by atomic mass is 9.67. The zero-order chi connectivity index (χ0) is 24.1. The molecule has 0 aliphatic heterocycles. The summed E-state index contributed by atoms with van der Waals surface area (Å²) in [4.78, 5) is 0. The molecule has 3 aliphatic rings.